The molecule has 4 nitrogen and oxygen atoms in total. The zero-order valence-electron chi connectivity index (χ0n) is 9.25. The number of aromatic nitrogens is 1. The molecular formula is C12H10BrN3OS. The lowest BCUT2D eigenvalue weighted by molar-refractivity contribution is 0.318. The fourth-order valence-corrected chi connectivity index (χ4v) is 2.60. The Labute approximate surface area is 117 Å². The average molecular weight is 324 g/mol. The van der Waals surface area contributed by atoms with E-state index in [1.165, 1.54) is 0 Å². The van der Waals surface area contributed by atoms with Crippen LogP contribution >= 0.6 is 27.7 Å². The highest BCUT2D eigenvalue weighted by atomic mass is 79.9. The molecule has 0 amide bonds. The van der Waals surface area contributed by atoms with Crippen LogP contribution in [0.4, 0.5) is 0 Å². The third-order valence-electron chi connectivity index (χ3n) is 2.19. The first-order valence-corrected chi connectivity index (χ1v) is 6.68. The summed E-state index contributed by atoms with van der Waals surface area (Å²) in [6.45, 7) is 0. The number of halogens is 1. The van der Waals surface area contributed by atoms with E-state index in [0.29, 0.717) is 5.56 Å². The van der Waals surface area contributed by atoms with Crippen molar-refractivity contribution in [2.24, 2.45) is 10.9 Å². The van der Waals surface area contributed by atoms with Gasteiger partial charge in [0.25, 0.3) is 0 Å². The van der Waals surface area contributed by atoms with Crippen LogP contribution in [-0.4, -0.2) is 16.0 Å². The van der Waals surface area contributed by atoms with E-state index in [4.69, 9.17) is 10.9 Å². The lowest BCUT2D eigenvalue weighted by Gasteiger charge is -2.04. The van der Waals surface area contributed by atoms with Gasteiger partial charge in [0, 0.05) is 21.1 Å². The minimum atomic E-state index is 0.0555. The lowest BCUT2D eigenvalue weighted by atomic mass is 10.3. The second-order valence-electron chi connectivity index (χ2n) is 3.40. The van der Waals surface area contributed by atoms with E-state index in [0.717, 1.165) is 14.4 Å². The summed E-state index contributed by atoms with van der Waals surface area (Å²) in [5, 5.41) is 12.3. The monoisotopic (exact) mass is 323 g/mol. The molecule has 0 fully saturated rings. The fourth-order valence-electron chi connectivity index (χ4n) is 1.29. The molecule has 0 radical (unpaired) electrons. The Balaban J connectivity index is 2.19. The van der Waals surface area contributed by atoms with E-state index in [2.05, 4.69) is 26.1 Å². The van der Waals surface area contributed by atoms with Gasteiger partial charge < -0.3 is 10.9 Å². The topological polar surface area (TPSA) is 71.5 Å². The van der Waals surface area contributed by atoms with E-state index in [1.807, 2.05) is 30.3 Å². The highest BCUT2D eigenvalue weighted by Gasteiger charge is 2.04. The standard InChI is InChI=1S/C12H10BrN3OS/c13-9-3-1-2-4-10(9)18-11-6-5-8(7-15-11)12(14)16-17/h1-7,17H,(H2,14,16). The van der Waals surface area contributed by atoms with E-state index in [1.54, 1.807) is 24.0 Å². The number of hydrogen-bond acceptors (Lipinski definition) is 4. The van der Waals surface area contributed by atoms with E-state index < -0.39 is 0 Å². The van der Waals surface area contributed by atoms with Crippen LogP contribution in [-0.2, 0) is 0 Å². The molecule has 1 aromatic heterocycles. The van der Waals surface area contributed by atoms with Crippen LogP contribution in [0.1, 0.15) is 5.56 Å². The van der Waals surface area contributed by atoms with Crippen LogP contribution in [0.15, 0.2) is 62.1 Å². The molecule has 0 aliphatic carbocycles. The Morgan fingerprint density at radius 1 is 1.28 bits per heavy atom. The van der Waals surface area contributed by atoms with Crippen LogP contribution in [0.25, 0.3) is 0 Å². The number of amidine groups is 1. The van der Waals surface area contributed by atoms with Gasteiger partial charge in [-0.2, -0.15) is 0 Å². The van der Waals surface area contributed by atoms with Gasteiger partial charge >= 0.3 is 0 Å². The first-order valence-electron chi connectivity index (χ1n) is 5.07. The first kappa shape index (κ1) is 12.9. The van der Waals surface area contributed by atoms with Crippen molar-refractivity contribution < 1.29 is 5.21 Å². The number of benzene rings is 1. The number of nitrogens with two attached hydrogens (primary N) is 1. The first-order chi connectivity index (χ1) is 8.70. The molecule has 92 valence electrons. The zero-order valence-corrected chi connectivity index (χ0v) is 11.6. The number of rotatable bonds is 3. The average Bonchev–Trinajstić information content (AvgIpc) is 2.41. The maximum atomic E-state index is 8.55. The number of hydrogen-bond donors (Lipinski definition) is 2. The molecule has 0 atom stereocenters. The van der Waals surface area contributed by atoms with Crippen LogP contribution in [0.2, 0.25) is 0 Å². The Morgan fingerprint density at radius 2 is 2.06 bits per heavy atom. The molecule has 0 unspecified atom stereocenters. The summed E-state index contributed by atoms with van der Waals surface area (Å²) in [5.74, 6) is 0.0555. The second-order valence-corrected chi connectivity index (χ2v) is 5.32. The van der Waals surface area contributed by atoms with Gasteiger partial charge in [0.05, 0.1) is 0 Å². The van der Waals surface area contributed by atoms with Crippen LogP contribution < -0.4 is 5.73 Å². The van der Waals surface area contributed by atoms with Crippen molar-refractivity contribution in [2.45, 2.75) is 9.92 Å². The fraction of sp³-hybridized carbons (Fsp3) is 0. The molecule has 0 bridgehead atoms. The molecule has 2 rings (SSSR count). The van der Waals surface area contributed by atoms with Gasteiger partial charge in [-0.25, -0.2) is 4.98 Å². The minimum absolute atomic E-state index is 0.0555. The third kappa shape index (κ3) is 3.02. The molecule has 0 spiro atoms. The maximum absolute atomic E-state index is 8.55. The molecule has 0 saturated heterocycles. The molecule has 1 aromatic carbocycles. The minimum Gasteiger partial charge on any atom is -0.409 e. The van der Waals surface area contributed by atoms with Gasteiger partial charge in [-0.1, -0.05) is 29.1 Å². The molecule has 0 aliphatic heterocycles. The highest BCUT2D eigenvalue weighted by molar-refractivity contribution is 9.10. The number of nitrogens with zero attached hydrogens (tertiary/aromatic N) is 2. The highest BCUT2D eigenvalue weighted by Crippen LogP contribution is 2.31. The largest absolute Gasteiger partial charge is 0.409 e. The van der Waals surface area contributed by atoms with Crippen LogP contribution in [0.5, 0.6) is 0 Å². The Hall–Kier alpha value is -1.53. The van der Waals surface area contributed by atoms with E-state index >= 15 is 0 Å². The zero-order chi connectivity index (χ0) is 13.0. The van der Waals surface area contributed by atoms with Crippen molar-refractivity contribution in [1.82, 2.24) is 4.98 Å². The van der Waals surface area contributed by atoms with Crippen molar-refractivity contribution in [3.8, 4) is 0 Å². The third-order valence-corrected chi connectivity index (χ3v) is 4.17. The molecule has 1 heterocycles. The number of pyridine rings is 1. The molecule has 3 N–H and O–H groups in total. The predicted octanol–water partition coefficient (Wildman–Crippen LogP) is 3.09. The summed E-state index contributed by atoms with van der Waals surface area (Å²) in [6, 6.07) is 11.5. The van der Waals surface area contributed by atoms with Gasteiger partial charge in [0.2, 0.25) is 0 Å². The van der Waals surface area contributed by atoms with Crippen molar-refractivity contribution in [1.29, 1.82) is 0 Å². The summed E-state index contributed by atoms with van der Waals surface area (Å²) >= 11 is 5.02. The Morgan fingerprint density at radius 3 is 2.67 bits per heavy atom. The molecule has 18 heavy (non-hydrogen) atoms. The molecule has 6 heteroatoms. The molecule has 2 aromatic rings. The molecular weight excluding hydrogens is 314 g/mol. The molecule has 0 aliphatic rings. The Bertz CT molecular complexity index is 572. The predicted molar refractivity (Wildman–Crippen MR) is 75.0 cm³/mol. The van der Waals surface area contributed by atoms with E-state index in [-0.39, 0.29) is 5.84 Å². The quantitative estimate of drug-likeness (QED) is 0.394. The van der Waals surface area contributed by atoms with Gasteiger partial charge in [-0.3, -0.25) is 0 Å². The number of oxime groups is 1. The summed E-state index contributed by atoms with van der Waals surface area (Å²) in [5.41, 5.74) is 6.06. The summed E-state index contributed by atoms with van der Waals surface area (Å²) in [4.78, 5) is 5.34. The van der Waals surface area contributed by atoms with Gasteiger partial charge in [0.1, 0.15) is 5.03 Å². The molecule has 0 saturated carbocycles. The Kier molecular flexibility index (Phi) is 4.22. The summed E-state index contributed by atoms with van der Waals surface area (Å²) < 4.78 is 1.03. The van der Waals surface area contributed by atoms with E-state index in [9.17, 15) is 0 Å². The van der Waals surface area contributed by atoms with Crippen molar-refractivity contribution in [3.05, 3.63) is 52.6 Å². The van der Waals surface area contributed by atoms with Gasteiger partial charge in [-0.15, -0.1) is 0 Å². The van der Waals surface area contributed by atoms with Crippen molar-refractivity contribution in [3.63, 3.8) is 0 Å². The van der Waals surface area contributed by atoms with Gasteiger partial charge in [0.15, 0.2) is 5.84 Å². The summed E-state index contributed by atoms with van der Waals surface area (Å²) in [6.07, 6.45) is 1.58. The smallest absolute Gasteiger partial charge is 0.171 e. The lowest BCUT2D eigenvalue weighted by Crippen LogP contribution is -2.13. The normalized spacial score (nSPS) is 11.5. The van der Waals surface area contributed by atoms with Gasteiger partial charge in [-0.05, 0) is 40.2 Å². The van der Waals surface area contributed by atoms with Crippen molar-refractivity contribution >= 4 is 33.5 Å². The van der Waals surface area contributed by atoms with Crippen LogP contribution in [0.3, 0.4) is 0 Å². The second kappa shape index (κ2) is 5.88. The van der Waals surface area contributed by atoms with Crippen molar-refractivity contribution in [2.75, 3.05) is 0 Å². The summed E-state index contributed by atoms with van der Waals surface area (Å²) in [7, 11) is 0. The maximum Gasteiger partial charge on any atom is 0.171 e. The van der Waals surface area contributed by atoms with Crippen LogP contribution in [0, 0.1) is 0 Å². The SMILES string of the molecule is N/C(=N\O)c1ccc(Sc2ccccc2Br)nc1.